The highest BCUT2D eigenvalue weighted by atomic mass is 16.5. The first-order valence-electron chi connectivity index (χ1n) is 10.2. The number of aromatic nitrogens is 4. The number of hydrogen-bond donors (Lipinski definition) is 2. The Morgan fingerprint density at radius 3 is 2.69 bits per heavy atom. The predicted molar refractivity (Wildman–Crippen MR) is 120 cm³/mol. The van der Waals surface area contributed by atoms with Crippen LogP contribution in [0.5, 0.6) is 0 Å². The number of methoxy groups -OCH3 is 1. The van der Waals surface area contributed by atoms with E-state index >= 15 is 0 Å². The van der Waals surface area contributed by atoms with E-state index in [0.29, 0.717) is 30.8 Å². The minimum Gasteiger partial charge on any atom is -0.469 e. The normalized spacial score (nSPS) is 10.7. The summed E-state index contributed by atoms with van der Waals surface area (Å²) >= 11 is 0. The van der Waals surface area contributed by atoms with E-state index in [9.17, 15) is 9.59 Å². The van der Waals surface area contributed by atoms with Crippen molar-refractivity contribution in [1.82, 2.24) is 19.7 Å². The standard InChI is InChI=1S/C24H23N5O3/c1-32-22(30)12-6-9-20-16-29(21-10-3-2-4-11-21)24(27-20)28-23(31)18-8-5-7-17(13-18)19-14-25-26-15-19/h2-5,7-8,10-11,13-16H,6,9,12H2,1H3,(H,25,26)(H,27,28,31). The van der Waals surface area contributed by atoms with E-state index in [1.807, 2.05) is 59.3 Å². The number of benzene rings is 2. The molecule has 0 radical (unpaired) electrons. The lowest BCUT2D eigenvalue weighted by Gasteiger charge is -2.09. The van der Waals surface area contributed by atoms with Crippen LogP contribution in [0.3, 0.4) is 0 Å². The van der Waals surface area contributed by atoms with Gasteiger partial charge in [-0.15, -0.1) is 0 Å². The highest BCUT2D eigenvalue weighted by Crippen LogP contribution is 2.21. The Morgan fingerprint density at radius 1 is 1.09 bits per heavy atom. The Bertz CT molecular complexity index is 1200. The van der Waals surface area contributed by atoms with Crippen molar-refractivity contribution in [1.29, 1.82) is 0 Å². The molecule has 4 rings (SSSR count). The van der Waals surface area contributed by atoms with Crippen molar-refractivity contribution in [2.24, 2.45) is 0 Å². The van der Waals surface area contributed by atoms with Gasteiger partial charge >= 0.3 is 5.97 Å². The van der Waals surface area contributed by atoms with E-state index in [0.717, 1.165) is 22.5 Å². The SMILES string of the molecule is COC(=O)CCCc1cn(-c2ccccc2)c(NC(=O)c2cccc(-c3cn[nH]c3)c2)n1. The second-order valence-corrected chi connectivity index (χ2v) is 7.21. The molecular formula is C24H23N5O3. The fraction of sp³-hybridized carbons (Fsp3) is 0.167. The fourth-order valence-electron chi connectivity index (χ4n) is 3.36. The number of aromatic amines is 1. The van der Waals surface area contributed by atoms with E-state index in [2.05, 4.69) is 20.5 Å². The number of rotatable bonds is 8. The van der Waals surface area contributed by atoms with Crippen LogP contribution in [0.15, 0.2) is 73.2 Å². The van der Waals surface area contributed by atoms with Crippen molar-refractivity contribution in [2.75, 3.05) is 12.4 Å². The summed E-state index contributed by atoms with van der Waals surface area (Å²) in [4.78, 5) is 29.0. The molecule has 0 fully saturated rings. The van der Waals surface area contributed by atoms with Crippen molar-refractivity contribution >= 4 is 17.8 Å². The van der Waals surface area contributed by atoms with Crippen LogP contribution in [-0.4, -0.2) is 38.7 Å². The highest BCUT2D eigenvalue weighted by Gasteiger charge is 2.15. The topological polar surface area (TPSA) is 102 Å². The number of imidazole rings is 1. The number of hydrogen-bond acceptors (Lipinski definition) is 5. The number of aryl methyl sites for hydroxylation is 1. The van der Waals surface area contributed by atoms with Gasteiger partial charge < -0.3 is 4.74 Å². The molecule has 0 bridgehead atoms. The van der Waals surface area contributed by atoms with Gasteiger partial charge in [0.05, 0.1) is 19.0 Å². The van der Waals surface area contributed by atoms with Gasteiger partial charge in [-0.2, -0.15) is 5.10 Å². The number of amides is 1. The molecule has 0 unspecified atom stereocenters. The second-order valence-electron chi connectivity index (χ2n) is 7.21. The summed E-state index contributed by atoms with van der Waals surface area (Å²) in [5.41, 5.74) is 3.96. The van der Waals surface area contributed by atoms with Gasteiger partial charge in [-0.3, -0.25) is 24.6 Å². The average Bonchev–Trinajstić information content (AvgIpc) is 3.50. The lowest BCUT2D eigenvalue weighted by atomic mass is 10.1. The van der Waals surface area contributed by atoms with Gasteiger partial charge in [0.2, 0.25) is 5.95 Å². The number of nitrogens with zero attached hydrogens (tertiary/aromatic N) is 3. The third-order valence-corrected chi connectivity index (χ3v) is 5.01. The predicted octanol–water partition coefficient (Wildman–Crippen LogP) is 4.01. The first-order valence-corrected chi connectivity index (χ1v) is 10.2. The van der Waals surface area contributed by atoms with Crippen LogP contribution in [-0.2, 0) is 16.0 Å². The van der Waals surface area contributed by atoms with Crippen LogP contribution < -0.4 is 5.32 Å². The maximum Gasteiger partial charge on any atom is 0.305 e. The third kappa shape index (κ3) is 4.92. The van der Waals surface area contributed by atoms with Crippen molar-refractivity contribution in [3.63, 3.8) is 0 Å². The maximum atomic E-state index is 13.0. The number of carbonyl (C=O) groups is 2. The quantitative estimate of drug-likeness (QED) is 0.412. The number of nitrogens with one attached hydrogen (secondary N) is 2. The van der Waals surface area contributed by atoms with Gasteiger partial charge in [0.15, 0.2) is 0 Å². The Labute approximate surface area is 185 Å². The van der Waals surface area contributed by atoms with Crippen molar-refractivity contribution in [2.45, 2.75) is 19.3 Å². The molecule has 0 aliphatic rings. The maximum absolute atomic E-state index is 13.0. The van der Waals surface area contributed by atoms with Crippen molar-refractivity contribution in [3.8, 4) is 16.8 Å². The molecular weight excluding hydrogens is 406 g/mol. The van der Waals surface area contributed by atoms with Gasteiger partial charge in [-0.1, -0.05) is 30.3 Å². The largest absolute Gasteiger partial charge is 0.469 e. The molecule has 4 aromatic rings. The highest BCUT2D eigenvalue weighted by molar-refractivity contribution is 6.04. The van der Waals surface area contributed by atoms with Crippen LogP contribution >= 0.6 is 0 Å². The molecule has 8 nitrogen and oxygen atoms in total. The monoisotopic (exact) mass is 429 g/mol. The van der Waals surface area contributed by atoms with E-state index in [4.69, 9.17) is 4.74 Å². The molecule has 32 heavy (non-hydrogen) atoms. The summed E-state index contributed by atoms with van der Waals surface area (Å²) in [6.07, 6.45) is 6.88. The molecule has 162 valence electrons. The number of para-hydroxylation sites is 1. The number of anilines is 1. The number of ether oxygens (including phenoxy) is 1. The van der Waals surface area contributed by atoms with Gasteiger partial charge in [0.1, 0.15) is 0 Å². The Balaban J connectivity index is 1.57. The van der Waals surface area contributed by atoms with Gasteiger partial charge in [0.25, 0.3) is 5.91 Å². The summed E-state index contributed by atoms with van der Waals surface area (Å²) in [5.74, 6) is -0.0965. The van der Waals surface area contributed by atoms with Gasteiger partial charge in [-0.25, -0.2) is 4.98 Å². The average molecular weight is 429 g/mol. The minimum atomic E-state index is -0.265. The molecule has 0 spiro atoms. The van der Waals surface area contributed by atoms with Crippen LogP contribution in [0.25, 0.3) is 16.8 Å². The van der Waals surface area contributed by atoms with Crippen LogP contribution in [0, 0.1) is 0 Å². The van der Waals surface area contributed by atoms with E-state index in [1.165, 1.54) is 7.11 Å². The molecule has 0 saturated heterocycles. The number of H-pyrrole nitrogens is 1. The molecule has 2 N–H and O–H groups in total. The summed E-state index contributed by atoms with van der Waals surface area (Å²) in [6.45, 7) is 0. The minimum absolute atomic E-state index is 0.251. The number of esters is 1. The Morgan fingerprint density at radius 2 is 1.94 bits per heavy atom. The van der Waals surface area contributed by atoms with Crippen LogP contribution in [0.1, 0.15) is 28.9 Å². The molecule has 0 atom stereocenters. The molecule has 8 heteroatoms. The zero-order valence-electron chi connectivity index (χ0n) is 17.6. The first kappa shape index (κ1) is 21.0. The first-order chi connectivity index (χ1) is 15.6. The lowest BCUT2D eigenvalue weighted by molar-refractivity contribution is -0.140. The number of carbonyl (C=O) groups excluding carboxylic acids is 2. The zero-order valence-corrected chi connectivity index (χ0v) is 17.6. The smallest absolute Gasteiger partial charge is 0.305 e. The molecule has 2 heterocycles. The molecule has 0 aliphatic heterocycles. The van der Waals surface area contributed by atoms with E-state index < -0.39 is 0 Å². The van der Waals surface area contributed by atoms with Gasteiger partial charge in [-0.05, 0) is 42.7 Å². The van der Waals surface area contributed by atoms with Crippen molar-refractivity contribution in [3.05, 3.63) is 84.4 Å². The summed E-state index contributed by atoms with van der Waals surface area (Å²) in [6, 6.07) is 17.0. The molecule has 1 amide bonds. The fourth-order valence-corrected chi connectivity index (χ4v) is 3.36. The summed E-state index contributed by atoms with van der Waals surface area (Å²) < 4.78 is 6.54. The zero-order chi connectivity index (χ0) is 22.3. The Kier molecular flexibility index (Phi) is 6.41. The molecule has 2 aromatic carbocycles. The van der Waals surface area contributed by atoms with Crippen LogP contribution in [0.2, 0.25) is 0 Å². The van der Waals surface area contributed by atoms with Gasteiger partial charge in [0, 0.05) is 35.6 Å². The molecule has 0 saturated carbocycles. The Hall–Kier alpha value is -4.20. The summed E-state index contributed by atoms with van der Waals surface area (Å²) in [5, 5.41) is 9.67. The third-order valence-electron chi connectivity index (χ3n) is 5.01. The second kappa shape index (κ2) is 9.74. The van der Waals surface area contributed by atoms with E-state index in [-0.39, 0.29) is 11.9 Å². The van der Waals surface area contributed by atoms with Crippen LogP contribution in [0.4, 0.5) is 5.95 Å². The molecule has 2 aromatic heterocycles. The van der Waals surface area contributed by atoms with E-state index in [1.54, 1.807) is 18.5 Å². The summed E-state index contributed by atoms with van der Waals surface area (Å²) in [7, 11) is 1.38. The lowest BCUT2D eigenvalue weighted by Crippen LogP contribution is -2.15. The van der Waals surface area contributed by atoms with Crippen molar-refractivity contribution < 1.29 is 14.3 Å². The molecule has 0 aliphatic carbocycles.